The molecule has 0 spiro atoms. The smallest absolute Gasteiger partial charge is 0.179 e. The van der Waals surface area contributed by atoms with E-state index >= 15 is 0 Å². The van der Waals surface area contributed by atoms with Crippen LogP contribution in [0.1, 0.15) is 42.2 Å². The van der Waals surface area contributed by atoms with Crippen LogP contribution in [-0.4, -0.2) is 10.8 Å². The van der Waals surface area contributed by atoms with Crippen molar-refractivity contribution < 1.29 is 4.79 Å². The minimum atomic E-state index is 0.218. The van der Waals surface area contributed by atoms with Crippen LogP contribution in [0.2, 0.25) is 0 Å². The number of carbonyl (C=O) groups is 1. The van der Waals surface area contributed by atoms with E-state index in [2.05, 4.69) is 31.0 Å². The van der Waals surface area contributed by atoms with Crippen LogP contribution in [0.4, 0.5) is 0 Å². The normalized spacial score (nSPS) is 10.9. The summed E-state index contributed by atoms with van der Waals surface area (Å²) >= 11 is 0. The molecule has 0 aliphatic heterocycles. The Hall–Kier alpha value is -1.57. The number of rotatable bonds is 4. The van der Waals surface area contributed by atoms with E-state index < -0.39 is 0 Å². The Balaban J connectivity index is 2.28. The SMILES string of the molecule is CCCCC(=O)c1cc2cc(C)ccc2[nH]1. The average molecular weight is 215 g/mol. The molecule has 1 N–H and O–H groups in total. The van der Waals surface area contributed by atoms with Crippen LogP contribution >= 0.6 is 0 Å². The van der Waals surface area contributed by atoms with Crippen molar-refractivity contribution in [2.75, 3.05) is 0 Å². The van der Waals surface area contributed by atoms with Crippen molar-refractivity contribution >= 4 is 16.7 Å². The summed E-state index contributed by atoms with van der Waals surface area (Å²) in [4.78, 5) is 15.0. The van der Waals surface area contributed by atoms with Crippen molar-refractivity contribution in [3.63, 3.8) is 0 Å². The van der Waals surface area contributed by atoms with E-state index in [-0.39, 0.29) is 5.78 Å². The number of H-pyrrole nitrogens is 1. The summed E-state index contributed by atoms with van der Waals surface area (Å²) in [7, 11) is 0. The fraction of sp³-hybridized carbons (Fsp3) is 0.357. The van der Waals surface area contributed by atoms with Crippen molar-refractivity contribution in [1.82, 2.24) is 4.98 Å². The lowest BCUT2D eigenvalue weighted by Crippen LogP contribution is -1.98. The lowest BCUT2D eigenvalue weighted by Gasteiger charge is -1.94. The largest absolute Gasteiger partial charge is 0.352 e. The Labute approximate surface area is 95.7 Å². The van der Waals surface area contributed by atoms with Crippen LogP contribution in [0.5, 0.6) is 0 Å². The number of aryl methyl sites for hydroxylation is 1. The number of fused-ring (bicyclic) bond motifs is 1. The zero-order valence-corrected chi connectivity index (χ0v) is 9.84. The predicted octanol–water partition coefficient (Wildman–Crippen LogP) is 3.85. The molecule has 1 heterocycles. The molecule has 0 aliphatic rings. The van der Waals surface area contributed by atoms with E-state index in [9.17, 15) is 4.79 Å². The summed E-state index contributed by atoms with van der Waals surface area (Å²) < 4.78 is 0. The van der Waals surface area contributed by atoms with Gasteiger partial charge in [0.15, 0.2) is 5.78 Å². The first-order valence-electron chi connectivity index (χ1n) is 5.83. The fourth-order valence-corrected chi connectivity index (χ4v) is 1.87. The molecule has 1 aromatic carbocycles. The van der Waals surface area contributed by atoms with Gasteiger partial charge in [-0.2, -0.15) is 0 Å². The number of hydrogen-bond donors (Lipinski definition) is 1. The maximum atomic E-state index is 11.8. The summed E-state index contributed by atoms with van der Waals surface area (Å²) in [6, 6.07) is 8.14. The van der Waals surface area contributed by atoms with Gasteiger partial charge in [-0.25, -0.2) is 0 Å². The molecular formula is C14H17NO. The summed E-state index contributed by atoms with van der Waals surface area (Å²) in [5, 5.41) is 1.12. The first-order valence-corrected chi connectivity index (χ1v) is 5.83. The maximum absolute atomic E-state index is 11.8. The Morgan fingerprint density at radius 1 is 1.31 bits per heavy atom. The molecule has 2 nitrogen and oxygen atoms in total. The van der Waals surface area contributed by atoms with Crippen molar-refractivity contribution in [2.24, 2.45) is 0 Å². The van der Waals surface area contributed by atoms with Gasteiger partial charge < -0.3 is 4.98 Å². The van der Waals surface area contributed by atoms with Gasteiger partial charge in [0, 0.05) is 17.3 Å². The number of aromatic nitrogens is 1. The van der Waals surface area contributed by atoms with Gasteiger partial charge in [-0.05, 0) is 31.5 Å². The van der Waals surface area contributed by atoms with Crippen LogP contribution in [0.3, 0.4) is 0 Å². The fourth-order valence-electron chi connectivity index (χ4n) is 1.87. The number of Topliss-reactive ketones (excluding diaryl/α,β-unsaturated/α-hetero) is 1. The monoisotopic (exact) mass is 215 g/mol. The minimum Gasteiger partial charge on any atom is -0.352 e. The third-order valence-corrected chi connectivity index (χ3v) is 2.83. The number of aromatic amines is 1. The van der Waals surface area contributed by atoms with Gasteiger partial charge in [0.05, 0.1) is 5.69 Å². The summed E-state index contributed by atoms with van der Waals surface area (Å²) in [5.41, 5.74) is 3.01. The lowest BCUT2D eigenvalue weighted by molar-refractivity contribution is 0.0976. The highest BCUT2D eigenvalue weighted by Gasteiger charge is 2.08. The zero-order valence-electron chi connectivity index (χ0n) is 9.84. The van der Waals surface area contributed by atoms with E-state index in [0.717, 1.165) is 29.4 Å². The standard InChI is InChI=1S/C14H17NO/c1-3-4-5-14(16)13-9-11-8-10(2)6-7-12(11)15-13/h6-9,15H,3-5H2,1-2H3. The maximum Gasteiger partial charge on any atom is 0.179 e. The van der Waals surface area contributed by atoms with Crippen LogP contribution in [0.15, 0.2) is 24.3 Å². The molecular weight excluding hydrogens is 198 g/mol. The number of carbonyl (C=O) groups excluding carboxylic acids is 1. The van der Waals surface area contributed by atoms with Crippen molar-refractivity contribution in [3.05, 3.63) is 35.5 Å². The molecule has 1 aromatic heterocycles. The second-order valence-corrected chi connectivity index (χ2v) is 4.30. The van der Waals surface area contributed by atoms with Crippen LogP contribution in [0, 0.1) is 6.92 Å². The van der Waals surface area contributed by atoms with Gasteiger partial charge in [-0.3, -0.25) is 4.79 Å². The summed E-state index contributed by atoms with van der Waals surface area (Å²) in [6.45, 7) is 4.16. The first kappa shape index (κ1) is 10.9. The van der Waals surface area contributed by atoms with E-state index in [1.807, 2.05) is 12.1 Å². The molecule has 84 valence electrons. The molecule has 0 saturated carbocycles. The molecule has 0 radical (unpaired) electrons. The molecule has 0 atom stereocenters. The van der Waals surface area contributed by atoms with Crippen molar-refractivity contribution in [3.8, 4) is 0 Å². The molecule has 2 rings (SSSR count). The molecule has 0 bridgehead atoms. The van der Waals surface area contributed by atoms with Gasteiger partial charge in [-0.1, -0.05) is 25.0 Å². The number of nitrogens with one attached hydrogen (secondary N) is 1. The van der Waals surface area contributed by atoms with E-state index in [4.69, 9.17) is 0 Å². The van der Waals surface area contributed by atoms with Gasteiger partial charge >= 0.3 is 0 Å². The molecule has 0 unspecified atom stereocenters. The molecule has 0 fully saturated rings. The minimum absolute atomic E-state index is 0.218. The Bertz CT molecular complexity index is 510. The number of ketones is 1. The molecule has 0 amide bonds. The highest BCUT2D eigenvalue weighted by Crippen LogP contribution is 2.18. The van der Waals surface area contributed by atoms with E-state index in [0.29, 0.717) is 6.42 Å². The Kier molecular flexibility index (Phi) is 3.09. The third-order valence-electron chi connectivity index (χ3n) is 2.83. The Morgan fingerprint density at radius 3 is 2.88 bits per heavy atom. The Morgan fingerprint density at radius 2 is 2.12 bits per heavy atom. The van der Waals surface area contributed by atoms with Gasteiger partial charge in [0.2, 0.25) is 0 Å². The average Bonchev–Trinajstić information content (AvgIpc) is 2.68. The van der Waals surface area contributed by atoms with Gasteiger partial charge in [-0.15, -0.1) is 0 Å². The quantitative estimate of drug-likeness (QED) is 0.772. The number of hydrogen-bond acceptors (Lipinski definition) is 1. The van der Waals surface area contributed by atoms with Crippen LogP contribution in [0.25, 0.3) is 10.9 Å². The number of unbranched alkanes of at least 4 members (excludes halogenated alkanes) is 1. The van der Waals surface area contributed by atoms with Gasteiger partial charge in [0.25, 0.3) is 0 Å². The topological polar surface area (TPSA) is 32.9 Å². The van der Waals surface area contributed by atoms with Crippen LogP contribution in [-0.2, 0) is 0 Å². The molecule has 2 heteroatoms. The third kappa shape index (κ3) is 2.16. The summed E-state index contributed by atoms with van der Waals surface area (Å²) in [5.74, 6) is 0.218. The molecule has 0 aliphatic carbocycles. The highest BCUT2D eigenvalue weighted by atomic mass is 16.1. The second-order valence-electron chi connectivity index (χ2n) is 4.30. The van der Waals surface area contributed by atoms with Crippen molar-refractivity contribution in [2.45, 2.75) is 33.1 Å². The van der Waals surface area contributed by atoms with Crippen molar-refractivity contribution in [1.29, 1.82) is 0 Å². The second kappa shape index (κ2) is 4.52. The summed E-state index contributed by atoms with van der Waals surface area (Å²) in [6.07, 6.45) is 2.67. The number of benzene rings is 1. The molecule has 0 saturated heterocycles. The zero-order chi connectivity index (χ0) is 11.5. The highest BCUT2D eigenvalue weighted by molar-refractivity contribution is 5.99. The van der Waals surface area contributed by atoms with E-state index in [1.165, 1.54) is 5.56 Å². The molecule has 2 aromatic rings. The van der Waals surface area contributed by atoms with Crippen LogP contribution < -0.4 is 0 Å². The van der Waals surface area contributed by atoms with E-state index in [1.54, 1.807) is 0 Å². The van der Waals surface area contributed by atoms with Gasteiger partial charge in [0.1, 0.15) is 0 Å². The molecule has 16 heavy (non-hydrogen) atoms. The lowest BCUT2D eigenvalue weighted by atomic mass is 10.1. The first-order chi connectivity index (χ1) is 7.70. The predicted molar refractivity (Wildman–Crippen MR) is 66.9 cm³/mol.